The number of benzene rings is 1. The van der Waals surface area contributed by atoms with Crippen LogP contribution in [0.2, 0.25) is 0 Å². The summed E-state index contributed by atoms with van der Waals surface area (Å²) in [5, 5.41) is 9.43. The van der Waals surface area contributed by atoms with Crippen LogP contribution in [-0.2, 0) is 4.79 Å². The average molecular weight is 625 g/mol. The van der Waals surface area contributed by atoms with Crippen molar-refractivity contribution in [2.75, 3.05) is 13.1 Å². The lowest BCUT2D eigenvalue weighted by Gasteiger charge is -2.23. The molecule has 0 bridgehead atoms. The molecule has 0 saturated carbocycles. The van der Waals surface area contributed by atoms with Crippen molar-refractivity contribution in [1.29, 1.82) is 0 Å². The SMILES string of the molecule is CCC1(C(=O)O)CCN(C(=O)c2cc(I)cc(I)c2I)C1. The number of rotatable bonds is 3. The molecule has 0 aliphatic carbocycles. The molecule has 2 rings (SSSR count). The summed E-state index contributed by atoms with van der Waals surface area (Å²) >= 11 is 6.60. The lowest BCUT2D eigenvalue weighted by Crippen LogP contribution is -2.36. The van der Waals surface area contributed by atoms with E-state index in [1.54, 1.807) is 4.90 Å². The first kappa shape index (κ1) is 17.7. The molecule has 1 aliphatic heterocycles. The Morgan fingerprint density at radius 3 is 2.52 bits per heavy atom. The molecule has 4 nitrogen and oxygen atoms in total. The van der Waals surface area contributed by atoms with E-state index in [4.69, 9.17) is 0 Å². The number of aliphatic carboxylic acids is 1. The zero-order chi connectivity index (χ0) is 15.8. The maximum atomic E-state index is 12.7. The molecule has 1 aromatic carbocycles. The summed E-state index contributed by atoms with van der Waals surface area (Å²) < 4.78 is 2.99. The van der Waals surface area contributed by atoms with Gasteiger partial charge in [-0.2, -0.15) is 0 Å². The van der Waals surface area contributed by atoms with Crippen LogP contribution in [0.5, 0.6) is 0 Å². The minimum absolute atomic E-state index is 0.0626. The van der Waals surface area contributed by atoms with Crippen LogP contribution in [0.15, 0.2) is 12.1 Å². The van der Waals surface area contributed by atoms with Crippen molar-refractivity contribution in [2.24, 2.45) is 5.41 Å². The fraction of sp³-hybridized carbons (Fsp3) is 0.429. The Labute approximate surface area is 164 Å². The number of hydrogen-bond donors (Lipinski definition) is 1. The molecule has 0 spiro atoms. The molecule has 21 heavy (non-hydrogen) atoms. The van der Waals surface area contributed by atoms with Crippen molar-refractivity contribution >= 4 is 79.6 Å². The third kappa shape index (κ3) is 3.48. The molecular weight excluding hydrogens is 611 g/mol. The van der Waals surface area contributed by atoms with Crippen LogP contribution in [0.1, 0.15) is 30.1 Å². The van der Waals surface area contributed by atoms with Crippen molar-refractivity contribution in [3.8, 4) is 0 Å². The van der Waals surface area contributed by atoms with Crippen LogP contribution in [-0.4, -0.2) is 35.0 Å². The monoisotopic (exact) mass is 625 g/mol. The van der Waals surface area contributed by atoms with E-state index in [9.17, 15) is 14.7 Å². The van der Waals surface area contributed by atoms with Gasteiger partial charge in [-0.25, -0.2) is 0 Å². The van der Waals surface area contributed by atoms with E-state index in [0.717, 1.165) is 10.7 Å². The van der Waals surface area contributed by atoms with E-state index in [1.165, 1.54) is 0 Å². The zero-order valence-corrected chi connectivity index (χ0v) is 17.8. The molecule has 1 heterocycles. The van der Waals surface area contributed by atoms with E-state index < -0.39 is 11.4 Å². The van der Waals surface area contributed by atoms with Gasteiger partial charge in [0, 0.05) is 23.8 Å². The van der Waals surface area contributed by atoms with Crippen molar-refractivity contribution in [3.63, 3.8) is 0 Å². The minimum Gasteiger partial charge on any atom is -0.481 e. The van der Waals surface area contributed by atoms with E-state index in [0.29, 0.717) is 31.5 Å². The lowest BCUT2D eigenvalue weighted by atomic mass is 9.84. The van der Waals surface area contributed by atoms with Crippen molar-refractivity contribution < 1.29 is 14.7 Å². The molecule has 0 aromatic heterocycles. The lowest BCUT2D eigenvalue weighted by molar-refractivity contribution is -0.148. The van der Waals surface area contributed by atoms with E-state index in [1.807, 2.05) is 19.1 Å². The van der Waals surface area contributed by atoms with Crippen molar-refractivity contribution in [3.05, 3.63) is 28.4 Å². The van der Waals surface area contributed by atoms with Crippen molar-refractivity contribution in [2.45, 2.75) is 19.8 Å². The molecular formula is C14H14I3NO3. The number of carbonyl (C=O) groups excluding carboxylic acids is 1. The normalized spacial score (nSPS) is 21.6. The maximum absolute atomic E-state index is 12.7. The molecule has 1 atom stereocenters. The molecule has 1 saturated heterocycles. The Morgan fingerprint density at radius 2 is 2.00 bits per heavy atom. The summed E-state index contributed by atoms with van der Waals surface area (Å²) in [5.41, 5.74) is -0.111. The van der Waals surface area contributed by atoms with Gasteiger partial charge in [-0.05, 0) is 92.7 Å². The zero-order valence-electron chi connectivity index (χ0n) is 11.3. The first-order chi connectivity index (χ1) is 9.80. The molecule has 1 fully saturated rings. The number of carboxylic acids is 1. The molecule has 1 aromatic rings. The van der Waals surface area contributed by atoms with Gasteiger partial charge in [0.15, 0.2) is 0 Å². The highest BCUT2D eigenvalue weighted by Gasteiger charge is 2.45. The number of carbonyl (C=O) groups is 2. The number of carboxylic acid groups (broad SMARTS) is 1. The summed E-state index contributed by atoms with van der Waals surface area (Å²) in [6, 6.07) is 3.90. The van der Waals surface area contributed by atoms with Crippen molar-refractivity contribution in [1.82, 2.24) is 4.90 Å². The summed E-state index contributed by atoms with van der Waals surface area (Å²) in [6.45, 7) is 2.69. The molecule has 0 radical (unpaired) electrons. The molecule has 1 N–H and O–H groups in total. The Morgan fingerprint density at radius 1 is 1.33 bits per heavy atom. The van der Waals surface area contributed by atoms with Gasteiger partial charge in [-0.1, -0.05) is 6.92 Å². The molecule has 1 aliphatic rings. The molecule has 114 valence electrons. The predicted molar refractivity (Wildman–Crippen MR) is 105 cm³/mol. The van der Waals surface area contributed by atoms with Crippen LogP contribution in [0, 0.1) is 16.1 Å². The third-order valence-corrected chi connectivity index (χ3v) is 7.66. The van der Waals surface area contributed by atoms with Gasteiger partial charge in [0.2, 0.25) is 0 Å². The first-order valence-electron chi connectivity index (χ1n) is 6.48. The van der Waals surface area contributed by atoms with Crippen LogP contribution in [0.4, 0.5) is 0 Å². The quantitative estimate of drug-likeness (QED) is 0.411. The van der Waals surface area contributed by atoms with E-state index in [2.05, 4.69) is 67.8 Å². The van der Waals surface area contributed by atoms with E-state index in [-0.39, 0.29) is 5.91 Å². The van der Waals surface area contributed by atoms with Gasteiger partial charge < -0.3 is 10.0 Å². The fourth-order valence-electron chi connectivity index (χ4n) is 2.54. The standard InChI is InChI=1S/C14H14I3NO3/c1-2-14(13(20)21)3-4-18(7-14)12(19)9-5-8(15)6-10(16)11(9)17/h5-6H,2-4,7H2,1H3,(H,20,21). The van der Waals surface area contributed by atoms with Gasteiger partial charge >= 0.3 is 5.97 Å². The second-order valence-electron chi connectivity index (χ2n) is 5.16. The largest absolute Gasteiger partial charge is 0.481 e. The Bertz CT molecular complexity index is 605. The van der Waals surface area contributed by atoms with Gasteiger partial charge in [-0.3, -0.25) is 9.59 Å². The second-order valence-corrected chi connectivity index (χ2v) is 8.65. The summed E-state index contributed by atoms with van der Waals surface area (Å²) in [6.07, 6.45) is 1.08. The highest BCUT2D eigenvalue weighted by atomic mass is 127. The number of likely N-dealkylation sites (tertiary alicyclic amines) is 1. The highest BCUT2D eigenvalue weighted by molar-refractivity contribution is 14.1. The predicted octanol–water partition coefficient (Wildman–Crippen LogP) is 3.83. The van der Waals surface area contributed by atoms with Gasteiger partial charge in [0.05, 0.1) is 11.0 Å². The second kappa shape index (κ2) is 6.85. The number of halogens is 3. The number of amides is 1. The van der Waals surface area contributed by atoms with Crippen LogP contribution >= 0.6 is 67.8 Å². The van der Waals surface area contributed by atoms with Crippen LogP contribution in [0.3, 0.4) is 0 Å². The minimum atomic E-state index is -0.799. The van der Waals surface area contributed by atoms with Crippen LogP contribution in [0.25, 0.3) is 0 Å². The van der Waals surface area contributed by atoms with Gasteiger partial charge in [0.25, 0.3) is 5.91 Å². The van der Waals surface area contributed by atoms with Gasteiger partial charge in [0.1, 0.15) is 0 Å². The topological polar surface area (TPSA) is 57.6 Å². The molecule has 1 amide bonds. The fourth-order valence-corrected chi connectivity index (χ4v) is 4.93. The molecule has 1 unspecified atom stereocenters. The Kier molecular flexibility index (Phi) is 5.77. The summed E-state index contributed by atoms with van der Waals surface area (Å²) in [7, 11) is 0. The highest BCUT2D eigenvalue weighted by Crippen LogP contribution is 2.35. The maximum Gasteiger partial charge on any atom is 0.311 e. The average Bonchev–Trinajstić information content (AvgIpc) is 2.88. The third-order valence-electron chi connectivity index (χ3n) is 3.99. The van der Waals surface area contributed by atoms with E-state index >= 15 is 0 Å². The smallest absolute Gasteiger partial charge is 0.311 e. The van der Waals surface area contributed by atoms with Crippen LogP contribution < -0.4 is 0 Å². The summed E-state index contributed by atoms with van der Waals surface area (Å²) in [4.78, 5) is 25.9. The Balaban J connectivity index is 2.29. The van der Waals surface area contributed by atoms with Gasteiger partial charge in [-0.15, -0.1) is 0 Å². The molecule has 7 heteroatoms. The first-order valence-corrected chi connectivity index (χ1v) is 9.71. The number of nitrogens with zero attached hydrogens (tertiary/aromatic N) is 1. The summed E-state index contributed by atoms with van der Waals surface area (Å²) in [5.74, 6) is -0.861. The Hall–Kier alpha value is 0.350. The number of hydrogen-bond acceptors (Lipinski definition) is 2.